The average Bonchev–Trinajstić information content (AvgIpc) is 2.69. The Morgan fingerprint density at radius 3 is 2.62 bits per heavy atom. The van der Waals surface area contributed by atoms with E-state index in [1.54, 1.807) is 42.7 Å². The van der Waals surface area contributed by atoms with E-state index < -0.39 is 11.8 Å². The Balaban J connectivity index is 1.88. The van der Waals surface area contributed by atoms with E-state index in [1.807, 2.05) is 0 Å². The maximum absolute atomic E-state index is 12.6. The third-order valence-corrected chi connectivity index (χ3v) is 4.32. The van der Waals surface area contributed by atoms with E-state index in [-0.39, 0.29) is 18.2 Å². The zero-order chi connectivity index (χ0) is 17.1. The topological polar surface area (TPSA) is 83.5 Å². The highest BCUT2D eigenvalue weighted by molar-refractivity contribution is 7.99. The Morgan fingerprint density at radius 1 is 1.17 bits per heavy atom. The number of amides is 3. The van der Waals surface area contributed by atoms with Crippen molar-refractivity contribution in [3.63, 3.8) is 0 Å². The van der Waals surface area contributed by atoms with Crippen molar-refractivity contribution in [2.75, 3.05) is 24.2 Å². The molecule has 0 bridgehead atoms. The van der Waals surface area contributed by atoms with Gasteiger partial charge in [0.15, 0.2) is 5.16 Å². The number of thioether (sulfide) groups is 1. The predicted octanol–water partition coefficient (Wildman–Crippen LogP) is 1.21. The van der Waals surface area contributed by atoms with Gasteiger partial charge in [0.2, 0.25) is 5.91 Å². The summed E-state index contributed by atoms with van der Waals surface area (Å²) in [5.74, 6) is -1.13. The van der Waals surface area contributed by atoms with E-state index >= 15 is 0 Å². The quantitative estimate of drug-likeness (QED) is 0.616. The van der Waals surface area contributed by atoms with Crippen LogP contribution in [0.5, 0.6) is 0 Å². The summed E-state index contributed by atoms with van der Waals surface area (Å²) in [5, 5.41) is 0.453. The van der Waals surface area contributed by atoms with Gasteiger partial charge in [-0.1, -0.05) is 23.9 Å². The lowest BCUT2D eigenvalue weighted by Gasteiger charge is -2.19. The van der Waals surface area contributed by atoms with Crippen LogP contribution in [-0.2, 0) is 9.59 Å². The largest absolute Gasteiger partial charge is 0.332 e. The molecule has 0 saturated carbocycles. The molecule has 2 aromatic rings. The lowest BCUT2D eigenvalue weighted by Crippen LogP contribution is -2.42. The lowest BCUT2D eigenvalue weighted by molar-refractivity contribution is -0.125. The van der Waals surface area contributed by atoms with Crippen LogP contribution in [0.2, 0.25) is 0 Å². The van der Waals surface area contributed by atoms with E-state index in [2.05, 4.69) is 9.97 Å². The van der Waals surface area contributed by atoms with Crippen LogP contribution >= 0.6 is 11.8 Å². The highest BCUT2D eigenvalue weighted by Gasteiger charge is 2.33. The van der Waals surface area contributed by atoms with Crippen molar-refractivity contribution in [1.82, 2.24) is 14.9 Å². The van der Waals surface area contributed by atoms with Gasteiger partial charge in [-0.05, 0) is 18.2 Å². The fourth-order valence-corrected chi connectivity index (χ4v) is 3.01. The third kappa shape index (κ3) is 3.13. The minimum Gasteiger partial charge on any atom is -0.332 e. The van der Waals surface area contributed by atoms with Crippen molar-refractivity contribution in [3.8, 4) is 0 Å². The predicted molar refractivity (Wildman–Crippen MR) is 88.7 cm³/mol. The van der Waals surface area contributed by atoms with E-state index in [4.69, 9.17) is 0 Å². The fourth-order valence-electron chi connectivity index (χ4n) is 2.36. The number of hydrogen-bond donors (Lipinski definition) is 0. The highest BCUT2D eigenvalue weighted by atomic mass is 32.2. The Bertz CT molecular complexity index is 797. The van der Waals surface area contributed by atoms with Gasteiger partial charge in [0.25, 0.3) is 11.8 Å². The zero-order valence-electron chi connectivity index (χ0n) is 12.9. The summed E-state index contributed by atoms with van der Waals surface area (Å²) in [4.78, 5) is 47.9. The molecule has 122 valence electrons. The van der Waals surface area contributed by atoms with Crippen LogP contribution in [0.4, 0.5) is 5.69 Å². The zero-order valence-corrected chi connectivity index (χ0v) is 13.7. The molecule has 1 aliphatic rings. The van der Waals surface area contributed by atoms with Gasteiger partial charge in [-0.3, -0.25) is 14.4 Å². The smallest absolute Gasteiger partial charge is 0.256 e. The van der Waals surface area contributed by atoms with Gasteiger partial charge in [0, 0.05) is 19.4 Å². The monoisotopic (exact) mass is 342 g/mol. The van der Waals surface area contributed by atoms with Crippen LogP contribution in [0.25, 0.3) is 0 Å². The fraction of sp³-hybridized carbons (Fsp3) is 0.188. The first kappa shape index (κ1) is 16.1. The molecule has 0 aliphatic carbocycles. The summed E-state index contributed by atoms with van der Waals surface area (Å²) >= 11 is 1.14. The van der Waals surface area contributed by atoms with Crippen LogP contribution in [0, 0.1) is 0 Å². The SMILES string of the molecule is CN1CC(=O)N(C(=O)CSc2ncccn2)c2ccccc2C1=O. The highest BCUT2D eigenvalue weighted by Crippen LogP contribution is 2.26. The van der Waals surface area contributed by atoms with Crippen molar-refractivity contribution in [1.29, 1.82) is 0 Å². The molecule has 2 heterocycles. The van der Waals surface area contributed by atoms with E-state index in [0.29, 0.717) is 16.4 Å². The Morgan fingerprint density at radius 2 is 1.88 bits per heavy atom. The molecule has 3 rings (SSSR count). The Labute approximate surface area is 142 Å². The first-order valence-corrected chi connectivity index (χ1v) is 8.16. The van der Waals surface area contributed by atoms with Crippen molar-refractivity contribution < 1.29 is 14.4 Å². The van der Waals surface area contributed by atoms with Crippen molar-refractivity contribution in [3.05, 3.63) is 48.3 Å². The number of imide groups is 1. The molecule has 0 fully saturated rings. The molecule has 24 heavy (non-hydrogen) atoms. The van der Waals surface area contributed by atoms with Crippen LogP contribution in [0.3, 0.4) is 0 Å². The van der Waals surface area contributed by atoms with Crippen LogP contribution < -0.4 is 4.90 Å². The van der Waals surface area contributed by atoms with E-state index in [9.17, 15) is 14.4 Å². The maximum atomic E-state index is 12.6. The summed E-state index contributed by atoms with van der Waals surface area (Å²) in [6.45, 7) is -0.147. The summed E-state index contributed by atoms with van der Waals surface area (Å²) < 4.78 is 0. The van der Waals surface area contributed by atoms with Crippen LogP contribution in [0.15, 0.2) is 47.9 Å². The second-order valence-corrected chi connectivity index (χ2v) is 6.06. The number of benzene rings is 1. The number of para-hydroxylation sites is 1. The number of anilines is 1. The van der Waals surface area contributed by atoms with Gasteiger partial charge in [-0.15, -0.1) is 0 Å². The molecule has 0 spiro atoms. The maximum Gasteiger partial charge on any atom is 0.256 e. The minimum atomic E-state index is -0.435. The Kier molecular flexibility index (Phi) is 4.57. The molecule has 1 aromatic carbocycles. The molecular formula is C16H14N4O3S. The number of fused-ring (bicyclic) bond motifs is 1. The average molecular weight is 342 g/mol. The number of hydrogen-bond acceptors (Lipinski definition) is 6. The van der Waals surface area contributed by atoms with Crippen LogP contribution in [0.1, 0.15) is 10.4 Å². The molecule has 7 nitrogen and oxygen atoms in total. The molecule has 0 N–H and O–H groups in total. The van der Waals surface area contributed by atoms with Crippen molar-refractivity contribution >= 4 is 35.2 Å². The van der Waals surface area contributed by atoms with Gasteiger partial charge in [0.1, 0.15) is 6.54 Å². The normalized spacial score (nSPS) is 14.4. The molecule has 0 radical (unpaired) electrons. The first-order valence-electron chi connectivity index (χ1n) is 7.18. The number of nitrogens with zero attached hydrogens (tertiary/aromatic N) is 4. The number of aromatic nitrogens is 2. The van der Waals surface area contributed by atoms with Crippen LogP contribution in [-0.4, -0.2) is 51.9 Å². The molecule has 0 unspecified atom stereocenters. The van der Waals surface area contributed by atoms with Gasteiger partial charge in [0.05, 0.1) is 17.0 Å². The Hall–Kier alpha value is -2.74. The number of rotatable bonds is 3. The molecule has 3 amide bonds. The summed E-state index contributed by atoms with van der Waals surface area (Å²) in [6.07, 6.45) is 3.17. The second kappa shape index (κ2) is 6.79. The second-order valence-electron chi connectivity index (χ2n) is 5.12. The summed E-state index contributed by atoms with van der Waals surface area (Å²) in [6, 6.07) is 8.29. The molecular weight excluding hydrogens is 328 g/mol. The minimum absolute atomic E-state index is 0.00198. The third-order valence-electron chi connectivity index (χ3n) is 3.46. The summed E-state index contributed by atoms with van der Waals surface area (Å²) in [7, 11) is 1.54. The molecule has 0 saturated heterocycles. The molecule has 1 aliphatic heterocycles. The van der Waals surface area contributed by atoms with Crippen molar-refractivity contribution in [2.45, 2.75) is 5.16 Å². The summed E-state index contributed by atoms with van der Waals surface area (Å²) in [5.41, 5.74) is 0.650. The van der Waals surface area contributed by atoms with Gasteiger partial charge < -0.3 is 4.90 Å². The van der Waals surface area contributed by atoms with Gasteiger partial charge in [-0.25, -0.2) is 14.9 Å². The van der Waals surface area contributed by atoms with E-state index in [0.717, 1.165) is 16.7 Å². The number of carbonyl (C=O) groups excluding carboxylic acids is 3. The number of carbonyl (C=O) groups is 3. The molecule has 8 heteroatoms. The van der Waals surface area contributed by atoms with Gasteiger partial charge >= 0.3 is 0 Å². The van der Waals surface area contributed by atoms with Gasteiger partial charge in [-0.2, -0.15) is 0 Å². The van der Waals surface area contributed by atoms with Crippen molar-refractivity contribution in [2.24, 2.45) is 0 Å². The first-order chi connectivity index (χ1) is 11.6. The standard InChI is InChI=1S/C16H14N4O3S/c1-19-9-13(21)20(12-6-3-2-5-11(12)15(19)23)14(22)10-24-16-17-7-4-8-18-16/h2-8H,9-10H2,1H3. The molecule has 1 aromatic heterocycles. The van der Waals surface area contributed by atoms with E-state index in [1.165, 1.54) is 11.9 Å². The number of likely N-dealkylation sites (N-methyl/N-ethyl adjacent to an activating group) is 1. The lowest BCUT2D eigenvalue weighted by atomic mass is 10.1. The molecule has 0 atom stereocenters.